The third-order valence-corrected chi connectivity index (χ3v) is 4.53. The molecule has 9 nitrogen and oxygen atoms in total. The summed E-state index contributed by atoms with van der Waals surface area (Å²) < 4.78 is 10.2. The second-order valence-corrected chi connectivity index (χ2v) is 8.38. The molecule has 2 rings (SSSR count). The number of benzene rings is 2. The van der Waals surface area contributed by atoms with Crippen LogP contribution in [0.1, 0.15) is 59.5 Å². The van der Waals surface area contributed by atoms with Crippen molar-refractivity contribution in [3.63, 3.8) is 0 Å². The van der Waals surface area contributed by atoms with E-state index >= 15 is 0 Å². The quantitative estimate of drug-likeness (QED) is 0.196. The van der Waals surface area contributed by atoms with E-state index in [9.17, 15) is 14.4 Å². The molecule has 0 N–H and O–H groups in total. The Balaban J connectivity index is 1.88. The van der Waals surface area contributed by atoms with Crippen LogP contribution in [0.15, 0.2) is 48.5 Å². The van der Waals surface area contributed by atoms with Crippen molar-refractivity contribution in [2.45, 2.75) is 54.1 Å². The molecule has 0 fully saturated rings. The van der Waals surface area contributed by atoms with E-state index in [0.717, 1.165) is 11.1 Å². The first-order valence-electron chi connectivity index (χ1n) is 10.8. The Labute approximate surface area is 198 Å². The Bertz CT molecular complexity index is 872. The lowest BCUT2D eigenvalue weighted by atomic mass is 10.2. The maximum Gasteiger partial charge on any atom is 0.513 e. The molecule has 0 saturated heterocycles. The van der Waals surface area contributed by atoms with Crippen molar-refractivity contribution in [1.29, 1.82) is 0 Å². The van der Waals surface area contributed by atoms with Crippen LogP contribution in [-0.2, 0) is 29.0 Å². The predicted octanol–water partition coefficient (Wildman–Crippen LogP) is 5.30. The van der Waals surface area contributed by atoms with E-state index in [1.54, 1.807) is 76.2 Å². The van der Waals surface area contributed by atoms with Gasteiger partial charge in [-0.1, -0.05) is 63.1 Å². The van der Waals surface area contributed by atoms with E-state index in [1.165, 1.54) is 0 Å². The summed E-state index contributed by atoms with van der Waals surface area (Å²) in [6.45, 7) is 10.5. The predicted molar refractivity (Wildman–Crippen MR) is 120 cm³/mol. The molecule has 0 heterocycles. The highest BCUT2D eigenvalue weighted by Crippen LogP contribution is 2.16. The number of aryl methyl sites for hydroxylation is 2. The average molecular weight is 475 g/mol. The molecule has 0 saturated carbocycles. The smallest absolute Gasteiger partial charge is 0.400 e. The second kappa shape index (κ2) is 12.7. The van der Waals surface area contributed by atoms with Crippen LogP contribution in [0, 0.1) is 25.7 Å². The summed E-state index contributed by atoms with van der Waals surface area (Å²) in [5, 5.41) is 0. The van der Waals surface area contributed by atoms with Gasteiger partial charge in [-0.25, -0.2) is 14.4 Å². The number of carbonyl (C=O) groups is 3. The highest BCUT2D eigenvalue weighted by Gasteiger charge is 2.28. The first-order valence-corrected chi connectivity index (χ1v) is 10.8. The van der Waals surface area contributed by atoms with Gasteiger partial charge in [-0.05, 0) is 38.1 Å². The van der Waals surface area contributed by atoms with Crippen LogP contribution in [0.2, 0.25) is 0 Å². The van der Waals surface area contributed by atoms with Crippen LogP contribution in [0.3, 0.4) is 0 Å². The number of hydrogen-bond acceptors (Lipinski definition) is 9. The molecule has 9 heteroatoms. The van der Waals surface area contributed by atoms with Crippen molar-refractivity contribution >= 4 is 18.1 Å². The topological polar surface area (TPSA) is 107 Å². The molecule has 0 radical (unpaired) electrons. The van der Waals surface area contributed by atoms with Crippen LogP contribution in [0.4, 0.5) is 4.79 Å². The zero-order chi connectivity index (χ0) is 25.3. The van der Waals surface area contributed by atoms with Gasteiger partial charge in [0.15, 0.2) is 0 Å². The molecule has 2 atom stereocenters. The van der Waals surface area contributed by atoms with Crippen molar-refractivity contribution in [3.05, 3.63) is 70.8 Å². The minimum Gasteiger partial charge on any atom is -0.400 e. The molecule has 0 aliphatic rings. The minimum absolute atomic E-state index is 0.277. The second-order valence-electron chi connectivity index (χ2n) is 8.38. The Morgan fingerprint density at radius 1 is 0.588 bits per heavy atom. The summed E-state index contributed by atoms with van der Waals surface area (Å²) in [6, 6.07) is 13.4. The van der Waals surface area contributed by atoms with Gasteiger partial charge in [-0.2, -0.15) is 0 Å². The van der Waals surface area contributed by atoms with Crippen LogP contribution >= 0.6 is 0 Å². The van der Waals surface area contributed by atoms with E-state index < -0.39 is 30.7 Å². The van der Waals surface area contributed by atoms with Crippen LogP contribution in [-0.4, -0.2) is 30.7 Å². The fourth-order valence-corrected chi connectivity index (χ4v) is 2.41. The van der Waals surface area contributed by atoms with Gasteiger partial charge in [0.25, 0.3) is 12.6 Å². The third kappa shape index (κ3) is 8.49. The molecule has 0 spiro atoms. The van der Waals surface area contributed by atoms with Gasteiger partial charge in [0.1, 0.15) is 0 Å². The molecule has 2 unspecified atom stereocenters. The highest BCUT2D eigenvalue weighted by atomic mass is 17.2. The summed E-state index contributed by atoms with van der Waals surface area (Å²) in [5.74, 6) is -2.24. The number of carbonyl (C=O) groups excluding carboxylic acids is 3. The molecule has 0 amide bonds. The molecule has 0 bridgehead atoms. The third-order valence-electron chi connectivity index (χ3n) is 4.53. The molecule has 2 aromatic rings. The number of ether oxygens (including phenoxy) is 2. The summed E-state index contributed by atoms with van der Waals surface area (Å²) in [6.07, 6.45) is -3.65. The van der Waals surface area contributed by atoms with Crippen LogP contribution in [0.5, 0.6) is 0 Å². The van der Waals surface area contributed by atoms with Crippen LogP contribution in [0.25, 0.3) is 0 Å². The lowest BCUT2D eigenvalue weighted by molar-refractivity contribution is -0.357. The van der Waals surface area contributed by atoms with Crippen molar-refractivity contribution in [1.82, 2.24) is 0 Å². The number of rotatable bonds is 10. The highest BCUT2D eigenvalue weighted by molar-refractivity contribution is 5.89. The van der Waals surface area contributed by atoms with Crippen molar-refractivity contribution < 1.29 is 43.4 Å². The van der Waals surface area contributed by atoms with E-state index in [-0.39, 0.29) is 23.0 Å². The van der Waals surface area contributed by atoms with E-state index in [1.807, 2.05) is 13.8 Å². The number of hydrogen-bond donors (Lipinski definition) is 0. The molecule has 34 heavy (non-hydrogen) atoms. The molecular weight excluding hydrogens is 444 g/mol. The Hall–Kier alpha value is -3.43. The summed E-state index contributed by atoms with van der Waals surface area (Å²) in [5.41, 5.74) is 2.52. The van der Waals surface area contributed by atoms with Crippen LogP contribution < -0.4 is 0 Å². The largest absolute Gasteiger partial charge is 0.513 e. The van der Waals surface area contributed by atoms with Crippen molar-refractivity contribution in [2.75, 3.05) is 0 Å². The molecule has 0 aliphatic heterocycles. The summed E-state index contributed by atoms with van der Waals surface area (Å²) >= 11 is 0. The molecule has 0 aliphatic carbocycles. The zero-order valence-electron chi connectivity index (χ0n) is 20.1. The first kappa shape index (κ1) is 26.8. The first-order chi connectivity index (χ1) is 16.1. The zero-order valence-corrected chi connectivity index (χ0v) is 20.1. The van der Waals surface area contributed by atoms with Gasteiger partial charge in [-0.15, -0.1) is 9.78 Å². The minimum atomic E-state index is -1.25. The maximum atomic E-state index is 12.3. The van der Waals surface area contributed by atoms with Gasteiger partial charge in [0.05, 0.1) is 11.1 Å². The van der Waals surface area contributed by atoms with Gasteiger partial charge in [0, 0.05) is 11.8 Å². The SMILES string of the molecule is Cc1ccc(C(=O)OOC(OC(=O)OC(OOC(=O)c2ccc(C)cc2)C(C)C)C(C)C)cc1. The Morgan fingerprint density at radius 2 is 0.912 bits per heavy atom. The standard InChI is InChI=1S/C25H30O9/c1-15(2)23(33-31-21(26)19-11-7-17(5)8-12-19)29-25(28)30-24(16(3)4)34-32-22(27)20-13-9-18(6)10-14-20/h7-16,23-24H,1-6H3. The van der Waals surface area contributed by atoms with E-state index in [0.29, 0.717) is 0 Å². The molecule has 0 aromatic heterocycles. The van der Waals surface area contributed by atoms with Gasteiger partial charge in [-0.3, -0.25) is 9.78 Å². The normalized spacial score (nSPS) is 12.7. The summed E-state index contributed by atoms with van der Waals surface area (Å²) in [4.78, 5) is 56.2. The van der Waals surface area contributed by atoms with E-state index in [4.69, 9.17) is 29.0 Å². The van der Waals surface area contributed by atoms with Gasteiger partial charge < -0.3 is 9.47 Å². The average Bonchev–Trinajstić information content (AvgIpc) is 2.79. The van der Waals surface area contributed by atoms with E-state index in [2.05, 4.69) is 0 Å². The Kier molecular flexibility index (Phi) is 10.0. The van der Waals surface area contributed by atoms with Crippen molar-refractivity contribution in [2.24, 2.45) is 11.8 Å². The van der Waals surface area contributed by atoms with Gasteiger partial charge >= 0.3 is 18.1 Å². The maximum absolute atomic E-state index is 12.3. The monoisotopic (exact) mass is 474 g/mol. The van der Waals surface area contributed by atoms with Gasteiger partial charge in [0.2, 0.25) is 0 Å². The summed E-state index contributed by atoms with van der Waals surface area (Å²) in [7, 11) is 0. The molecular formula is C25H30O9. The lowest BCUT2D eigenvalue weighted by Gasteiger charge is -2.22. The fraction of sp³-hybridized carbons (Fsp3) is 0.400. The van der Waals surface area contributed by atoms with Crippen molar-refractivity contribution in [3.8, 4) is 0 Å². The fourth-order valence-electron chi connectivity index (χ4n) is 2.41. The molecule has 2 aromatic carbocycles. The lowest BCUT2D eigenvalue weighted by Crippen LogP contribution is -2.33. The Morgan fingerprint density at radius 3 is 1.21 bits per heavy atom. The molecule has 184 valence electrons.